The van der Waals surface area contributed by atoms with Crippen LogP contribution in [0.15, 0.2) is 24.3 Å². The second-order valence-corrected chi connectivity index (χ2v) is 7.75. The molecule has 0 spiro atoms. The molecule has 126 valence electrons. The molecular formula is C18H27N3OS. The van der Waals surface area contributed by atoms with E-state index in [0.29, 0.717) is 12.0 Å². The van der Waals surface area contributed by atoms with E-state index < -0.39 is 0 Å². The van der Waals surface area contributed by atoms with Gasteiger partial charge in [0.05, 0.1) is 0 Å². The highest BCUT2D eigenvalue weighted by Crippen LogP contribution is 2.27. The number of amides is 2. The lowest BCUT2D eigenvalue weighted by atomic mass is 10.1. The lowest BCUT2D eigenvalue weighted by Gasteiger charge is -2.21. The van der Waals surface area contributed by atoms with E-state index >= 15 is 0 Å². The van der Waals surface area contributed by atoms with Crippen molar-refractivity contribution in [3.63, 3.8) is 0 Å². The number of urea groups is 1. The minimum absolute atomic E-state index is 0.0356. The molecule has 23 heavy (non-hydrogen) atoms. The minimum atomic E-state index is 0.0356. The van der Waals surface area contributed by atoms with E-state index in [0.717, 1.165) is 37.3 Å². The van der Waals surface area contributed by atoms with Gasteiger partial charge >= 0.3 is 6.03 Å². The van der Waals surface area contributed by atoms with E-state index in [2.05, 4.69) is 29.7 Å². The summed E-state index contributed by atoms with van der Waals surface area (Å²) < 4.78 is 0. The zero-order chi connectivity index (χ0) is 16.1. The molecule has 2 N–H and O–H groups in total. The number of nitrogens with zero attached hydrogens (tertiary/aromatic N) is 1. The number of likely N-dealkylation sites (tertiary alicyclic amines) is 1. The highest BCUT2D eigenvalue weighted by atomic mass is 32.2. The molecule has 2 atom stereocenters. The van der Waals surface area contributed by atoms with E-state index in [1.807, 2.05) is 28.8 Å². The molecule has 3 rings (SSSR count). The van der Waals surface area contributed by atoms with Gasteiger partial charge in [-0.05, 0) is 48.8 Å². The first-order valence-electron chi connectivity index (χ1n) is 8.72. The summed E-state index contributed by atoms with van der Waals surface area (Å²) in [4.78, 5) is 14.3. The molecule has 0 aliphatic carbocycles. The van der Waals surface area contributed by atoms with Crippen LogP contribution in [-0.2, 0) is 0 Å². The molecule has 5 heteroatoms. The average molecular weight is 334 g/mol. The van der Waals surface area contributed by atoms with E-state index in [4.69, 9.17) is 0 Å². The maximum absolute atomic E-state index is 12.3. The number of thioether (sulfide) groups is 1. The largest absolute Gasteiger partial charge is 0.381 e. The highest BCUT2D eigenvalue weighted by molar-refractivity contribution is 7.99. The number of rotatable bonds is 3. The highest BCUT2D eigenvalue weighted by Gasteiger charge is 2.23. The smallest absolute Gasteiger partial charge is 0.321 e. The first-order chi connectivity index (χ1) is 11.2. The Bertz CT molecular complexity index is 512. The van der Waals surface area contributed by atoms with Crippen molar-refractivity contribution in [1.29, 1.82) is 0 Å². The zero-order valence-corrected chi connectivity index (χ0v) is 14.7. The van der Waals surface area contributed by atoms with E-state index in [1.165, 1.54) is 24.3 Å². The Morgan fingerprint density at radius 1 is 1.04 bits per heavy atom. The van der Waals surface area contributed by atoms with Crippen LogP contribution in [0, 0.1) is 5.92 Å². The molecule has 2 fully saturated rings. The molecule has 1 aromatic rings. The fourth-order valence-corrected chi connectivity index (χ4v) is 4.59. The molecule has 2 heterocycles. The number of carbonyl (C=O) groups excluding carboxylic acids is 1. The van der Waals surface area contributed by atoms with E-state index in [-0.39, 0.29) is 6.03 Å². The van der Waals surface area contributed by atoms with Gasteiger partial charge in [0.25, 0.3) is 0 Å². The van der Waals surface area contributed by atoms with Crippen molar-refractivity contribution in [2.45, 2.75) is 38.6 Å². The maximum Gasteiger partial charge on any atom is 0.321 e. The summed E-state index contributed by atoms with van der Waals surface area (Å²) in [5.74, 6) is 3.12. The number of carbonyl (C=O) groups is 1. The molecule has 1 aromatic carbocycles. The van der Waals surface area contributed by atoms with Gasteiger partial charge in [-0.25, -0.2) is 4.79 Å². The molecule has 2 saturated heterocycles. The fraction of sp³-hybridized carbons (Fsp3) is 0.611. The van der Waals surface area contributed by atoms with Crippen molar-refractivity contribution < 1.29 is 4.79 Å². The van der Waals surface area contributed by atoms with Gasteiger partial charge in [-0.2, -0.15) is 11.8 Å². The normalized spacial score (nSPS) is 25.0. The van der Waals surface area contributed by atoms with Crippen molar-refractivity contribution in [2.75, 3.05) is 35.2 Å². The second kappa shape index (κ2) is 7.95. The fourth-order valence-electron chi connectivity index (χ4n) is 3.19. The monoisotopic (exact) mass is 333 g/mol. The van der Waals surface area contributed by atoms with Crippen molar-refractivity contribution in [1.82, 2.24) is 4.90 Å². The van der Waals surface area contributed by atoms with Crippen LogP contribution in [0.4, 0.5) is 16.2 Å². The molecule has 2 unspecified atom stereocenters. The van der Waals surface area contributed by atoms with Crippen LogP contribution >= 0.6 is 11.8 Å². The van der Waals surface area contributed by atoms with Crippen LogP contribution in [0.5, 0.6) is 0 Å². The van der Waals surface area contributed by atoms with Crippen molar-refractivity contribution >= 4 is 29.2 Å². The first kappa shape index (κ1) is 16.5. The van der Waals surface area contributed by atoms with Crippen LogP contribution in [0.2, 0.25) is 0 Å². The molecule has 0 aromatic heterocycles. The number of hydrogen-bond acceptors (Lipinski definition) is 3. The summed E-state index contributed by atoms with van der Waals surface area (Å²) in [6.07, 6.45) is 4.71. The standard InChI is InChI=1S/C18H27N3OS/c1-14-12-23-13-17(14)19-15-6-8-16(9-7-15)20-18(22)21-10-4-2-3-5-11-21/h6-9,14,17,19H,2-5,10-13H2,1H3,(H,20,22). The van der Waals surface area contributed by atoms with Gasteiger partial charge in [-0.1, -0.05) is 19.8 Å². The molecule has 2 aliphatic rings. The van der Waals surface area contributed by atoms with Gasteiger partial charge in [-0.3, -0.25) is 0 Å². The van der Waals surface area contributed by atoms with Gasteiger partial charge in [0.1, 0.15) is 0 Å². The van der Waals surface area contributed by atoms with E-state index in [1.54, 1.807) is 0 Å². The Kier molecular flexibility index (Phi) is 5.70. The third kappa shape index (κ3) is 4.56. The average Bonchev–Trinajstić information content (AvgIpc) is 2.80. The quantitative estimate of drug-likeness (QED) is 0.869. The lowest BCUT2D eigenvalue weighted by Crippen LogP contribution is -2.35. The maximum atomic E-state index is 12.3. The molecule has 2 amide bonds. The van der Waals surface area contributed by atoms with Crippen molar-refractivity contribution in [3.05, 3.63) is 24.3 Å². The Morgan fingerprint density at radius 3 is 2.30 bits per heavy atom. The molecule has 2 aliphatic heterocycles. The minimum Gasteiger partial charge on any atom is -0.381 e. The lowest BCUT2D eigenvalue weighted by molar-refractivity contribution is 0.214. The van der Waals surface area contributed by atoms with Crippen LogP contribution in [0.1, 0.15) is 32.6 Å². The van der Waals surface area contributed by atoms with Crippen molar-refractivity contribution in [3.8, 4) is 0 Å². The summed E-state index contributed by atoms with van der Waals surface area (Å²) in [6, 6.07) is 8.70. The summed E-state index contributed by atoms with van der Waals surface area (Å²) in [6.45, 7) is 4.05. The third-order valence-electron chi connectivity index (χ3n) is 4.75. The Morgan fingerprint density at radius 2 is 1.70 bits per heavy atom. The van der Waals surface area contributed by atoms with E-state index in [9.17, 15) is 4.79 Å². The first-order valence-corrected chi connectivity index (χ1v) is 9.88. The van der Waals surface area contributed by atoms with Crippen LogP contribution in [0.3, 0.4) is 0 Å². The summed E-state index contributed by atoms with van der Waals surface area (Å²) in [7, 11) is 0. The van der Waals surface area contributed by atoms with Crippen LogP contribution in [0.25, 0.3) is 0 Å². The molecule has 4 nitrogen and oxygen atoms in total. The van der Waals surface area contributed by atoms with Gasteiger partial charge in [0, 0.05) is 36.3 Å². The SMILES string of the molecule is CC1CSCC1Nc1ccc(NC(=O)N2CCCCCC2)cc1. The van der Waals surface area contributed by atoms with Gasteiger partial charge < -0.3 is 15.5 Å². The van der Waals surface area contributed by atoms with Gasteiger partial charge in [-0.15, -0.1) is 0 Å². The summed E-state index contributed by atoms with van der Waals surface area (Å²) >= 11 is 2.01. The number of benzene rings is 1. The number of nitrogens with one attached hydrogen (secondary N) is 2. The predicted molar refractivity (Wildman–Crippen MR) is 99.4 cm³/mol. The predicted octanol–water partition coefficient (Wildman–Crippen LogP) is 4.26. The van der Waals surface area contributed by atoms with Crippen LogP contribution < -0.4 is 10.6 Å². The molecule has 0 radical (unpaired) electrons. The van der Waals surface area contributed by atoms with Gasteiger partial charge in [0.2, 0.25) is 0 Å². The second-order valence-electron chi connectivity index (χ2n) is 6.67. The Balaban J connectivity index is 1.53. The molecule has 0 saturated carbocycles. The number of hydrogen-bond donors (Lipinski definition) is 2. The Labute approximate surface area is 143 Å². The molecular weight excluding hydrogens is 306 g/mol. The van der Waals surface area contributed by atoms with Gasteiger partial charge in [0.15, 0.2) is 0 Å². The van der Waals surface area contributed by atoms with Crippen molar-refractivity contribution in [2.24, 2.45) is 5.92 Å². The van der Waals surface area contributed by atoms with Crippen LogP contribution in [-0.4, -0.2) is 41.6 Å². The topological polar surface area (TPSA) is 44.4 Å². The summed E-state index contributed by atoms with van der Waals surface area (Å²) in [5, 5.41) is 6.62. The Hall–Kier alpha value is -1.36. The zero-order valence-electron chi connectivity index (χ0n) is 13.9. The number of anilines is 2. The summed E-state index contributed by atoms with van der Waals surface area (Å²) in [5.41, 5.74) is 2.01. The third-order valence-corrected chi connectivity index (χ3v) is 6.10. The molecule has 0 bridgehead atoms.